The molecule has 15 heavy (non-hydrogen) atoms. The summed E-state index contributed by atoms with van der Waals surface area (Å²) in [6.45, 7) is 0. The summed E-state index contributed by atoms with van der Waals surface area (Å²) in [7, 11) is 1.32. The van der Waals surface area contributed by atoms with Gasteiger partial charge in [0.2, 0.25) is 0 Å². The van der Waals surface area contributed by atoms with Crippen LogP contribution in [0.2, 0.25) is 0 Å². The number of carbonyl (C=O) groups excluding carboxylic acids is 1. The fourth-order valence-electron chi connectivity index (χ4n) is 1.12. The zero-order chi connectivity index (χ0) is 10.6. The second-order valence-electron chi connectivity index (χ2n) is 2.90. The fourth-order valence-corrected chi connectivity index (χ4v) is 1.40. The molecule has 0 amide bonds. The average Bonchev–Trinajstić information content (AvgIpc) is 2.27. The highest BCUT2D eigenvalue weighted by atomic mass is 35.5. The lowest BCUT2D eigenvalue weighted by Gasteiger charge is -2.16. The van der Waals surface area contributed by atoms with E-state index in [4.69, 9.17) is 5.73 Å². The largest absolute Gasteiger partial charge is 0.468 e. The van der Waals surface area contributed by atoms with Crippen molar-refractivity contribution < 1.29 is 9.53 Å². The monoisotopic (exact) mass is 247 g/mol. The van der Waals surface area contributed by atoms with Crippen LogP contribution in [0, 0.1) is 0 Å². The number of rotatable bonds is 3. The van der Waals surface area contributed by atoms with Gasteiger partial charge in [-0.2, -0.15) is 12.6 Å². The number of hydrogen-bond acceptors (Lipinski definition) is 4. The third-order valence-corrected chi connectivity index (χ3v) is 2.50. The summed E-state index contributed by atoms with van der Waals surface area (Å²) < 4.78 is 4.56. The van der Waals surface area contributed by atoms with E-state index in [1.807, 2.05) is 30.3 Å². The van der Waals surface area contributed by atoms with Crippen molar-refractivity contribution in [2.24, 2.45) is 5.73 Å². The maximum atomic E-state index is 11.1. The maximum absolute atomic E-state index is 11.1. The molecule has 0 aliphatic heterocycles. The molecule has 0 fully saturated rings. The van der Waals surface area contributed by atoms with Crippen LogP contribution < -0.4 is 5.73 Å². The molecular weight excluding hydrogens is 234 g/mol. The third kappa shape index (κ3) is 3.74. The number of esters is 1. The van der Waals surface area contributed by atoms with E-state index in [-0.39, 0.29) is 12.4 Å². The summed E-state index contributed by atoms with van der Waals surface area (Å²) in [6, 6.07) is 8.90. The van der Waals surface area contributed by atoms with Crippen molar-refractivity contribution in [1.82, 2.24) is 0 Å². The van der Waals surface area contributed by atoms with Gasteiger partial charge in [-0.1, -0.05) is 30.3 Å². The van der Waals surface area contributed by atoms with Crippen molar-refractivity contribution in [3.63, 3.8) is 0 Å². The number of methoxy groups -OCH3 is 1. The molecule has 0 saturated carbocycles. The second-order valence-corrected chi connectivity index (χ2v) is 3.46. The van der Waals surface area contributed by atoms with Gasteiger partial charge in [0.25, 0.3) is 0 Å². The molecule has 5 heteroatoms. The molecule has 0 aliphatic rings. The Balaban J connectivity index is 0.00000196. The SMILES string of the molecule is COC(=O)[C@@H](S)[C@@H](N)c1ccccc1.Cl. The smallest absolute Gasteiger partial charge is 0.320 e. The highest BCUT2D eigenvalue weighted by Crippen LogP contribution is 2.18. The van der Waals surface area contributed by atoms with Crippen LogP contribution in [0.1, 0.15) is 11.6 Å². The van der Waals surface area contributed by atoms with Crippen LogP contribution in [0.5, 0.6) is 0 Å². The van der Waals surface area contributed by atoms with Crippen LogP contribution >= 0.6 is 25.0 Å². The second kappa shape index (κ2) is 6.71. The minimum atomic E-state index is -0.623. The van der Waals surface area contributed by atoms with Crippen LogP contribution in [0.15, 0.2) is 30.3 Å². The third-order valence-electron chi connectivity index (χ3n) is 1.97. The first-order valence-electron chi connectivity index (χ1n) is 4.23. The van der Waals surface area contributed by atoms with Crippen molar-refractivity contribution in [2.45, 2.75) is 11.3 Å². The van der Waals surface area contributed by atoms with Crippen LogP contribution in [-0.2, 0) is 9.53 Å². The first-order valence-corrected chi connectivity index (χ1v) is 4.75. The number of benzene rings is 1. The Morgan fingerprint density at radius 3 is 2.40 bits per heavy atom. The molecule has 2 N–H and O–H groups in total. The molecule has 0 radical (unpaired) electrons. The predicted octanol–water partition coefficient (Wildman–Crippen LogP) is 1.58. The standard InChI is InChI=1S/C10H13NO2S.ClH/c1-13-10(12)9(14)8(11)7-5-3-2-4-6-7;/h2-6,8-9,14H,11H2,1H3;1H/t8-,9-;/m0./s1. The molecule has 3 nitrogen and oxygen atoms in total. The number of hydrogen-bond donors (Lipinski definition) is 2. The van der Waals surface area contributed by atoms with E-state index in [2.05, 4.69) is 17.4 Å². The fraction of sp³-hybridized carbons (Fsp3) is 0.300. The summed E-state index contributed by atoms with van der Waals surface area (Å²) in [6.07, 6.45) is 0. The van der Waals surface area contributed by atoms with Crippen molar-refractivity contribution in [2.75, 3.05) is 7.11 Å². The average molecular weight is 248 g/mol. The van der Waals surface area contributed by atoms with E-state index in [9.17, 15) is 4.79 Å². The normalized spacial score (nSPS) is 13.5. The molecule has 0 spiro atoms. The molecule has 0 unspecified atom stereocenters. The van der Waals surface area contributed by atoms with Crippen molar-refractivity contribution >= 4 is 31.0 Å². The van der Waals surface area contributed by atoms with E-state index in [1.165, 1.54) is 7.11 Å². The molecule has 84 valence electrons. The lowest BCUT2D eigenvalue weighted by Crippen LogP contribution is -2.30. The summed E-state index contributed by atoms with van der Waals surface area (Å²) >= 11 is 4.11. The van der Waals surface area contributed by atoms with Crippen molar-refractivity contribution in [3.05, 3.63) is 35.9 Å². The number of halogens is 1. The quantitative estimate of drug-likeness (QED) is 0.630. The van der Waals surface area contributed by atoms with Gasteiger partial charge in [-0.15, -0.1) is 12.4 Å². The van der Waals surface area contributed by atoms with Gasteiger partial charge < -0.3 is 10.5 Å². The molecule has 0 bridgehead atoms. The Labute approximate surface area is 101 Å². The minimum absolute atomic E-state index is 0. The highest BCUT2D eigenvalue weighted by Gasteiger charge is 2.23. The van der Waals surface area contributed by atoms with E-state index in [0.717, 1.165) is 5.56 Å². The lowest BCUT2D eigenvalue weighted by atomic mass is 10.0. The van der Waals surface area contributed by atoms with Gasteiger partial charge in [0.1, 0.15) is 5.25 Å². The number of thiol groups is 1. The number of carbonyl (C=O) groups is 1. The molecule has 1 aromatic carbocycles. The van der Waals surface area contributed by atoms with Gasteiger partial charge in [-0.25, -0.2) is 0 Å². The Morgan fingerprint density at radius 2 is 1.93 bits per heavy atom. The Kier molecular flexibility index (Phi) is 6.40. The van der Waals surface area contributed by atoms with Gasteiger partial charge in [0.15, 0.2) is 0 Å². The van der Waals surface area contributed by atoms with Crippen LogP contribution in [0.3, 0.4) is 0 Å². The number of nitrogens with two attached hydrogens (primary N) is 1. The van der Waals surface area contributed by atoms with E-state index in [1.54, 1.807) is 0 Å². The molecule has 0 saturated heterocycles. The molecule has 2 atom stereocenters. The molecule has 1 aromatic rings. The van der Waals surface area contributed by atoms with E-state index < -0.39 is 17.3 Å². The molecule has 1 rings (SSSR count). The zero-order valence-corrected chi connectivity index (χ0v) is 10.0. The summed E-state index contributed by atoms with van der Waals surface area (Å²) in [5.41, 5.74) is 6.71. The topological polar surface area (TPSA) is 52.3 Å². The first kappa shape index (κ1) is 14.3. The van der Waals surface area contributed by atoms with Gasteiger partial charge in [0, 0.05) is 0 Å². The maximum Gasteiger partial charge on any atom is 0.320 e. The molecule has 0 aliphatic carbocycles. The Hall–Kier alpha value is -0.710. The summed E-state index contributed by atoms with van der Waals surface area (Å²) in [5.74, 6) is -0.412. The Bertz CT molecular complexity index is 308. The summed E-state index contributed by atoms with van der Waals surface area (Å²) in [4.78, 5) is 11.1. The Morgan fingerprint density at radius 1 is 1.40 bits per heavy atom. The van der Waals surface area contributed by atoms with E-state index in [0.29, 0.717) is 0 Å². The van der Waals surface area contributed by atoms with Crippen molar-refractivity contribution in [3.8, 4) is 0 Å². The molecule has 0 heterocycles. The zero-order valence-electron chi connectivity index (χ0n) is 8.29. The van der Waals surface area contributed by atoms with Gasteiger partial charge in [-0.3, -0.25) is 4.79 Å². The first-order chi connectivity index (χ1) is 6.66. The van der Waals surface area contributed by atoms with E-state index >= 15 is 0 Å². The highest BCUT2D eigenvalue weighted by molar-refractivity contribution is 7.81. The van der Waals surface area contributed by atoms with Crippen molar-refractivity contribution in [1.29, 1.82) is 0 Å². The predicted molar refractivity (Wildman–Crippen MR) is 65.4 cm³/mol. The van der Waals surface area contributed by atoms with Crippen LogP contribution in [0.4, 0.5) is 0 Å². The van der Waals surface area contributed by atoms with Crippen LogP contribution in [-0.4, -0.2) is 18.3 Å². The summed E-state index contributed by atoms with van der Waals surface area (Å²) in [5, 5.41) is -0.623. The minimum Gasteiger partial charge on any atom is -0.468 e. The van der Waals surface area contributed by atoms with Crippen LogP contribution in [0.25, 0.3) is 0 Å². The number of ether oxygens (including phenoxy) is 1. The van der Waals surface area contributed by atoms with Gasteiger partial charge in [0.05, 0.1) is 13.2 Å². The van der Waals surface area contributed by atoms with Gasteiger partial charge in [-0.05, 0) is 5.56 Å². The lowest BCUT2D eigenvalue weighted by molar-refractivity contribution is -0.140. The molecule has 0 aromatic heterocycles. The molecular formula is C10H14ClNO2S. The van der Waals surface area contributed by atoms with Gasteiger partial charge >= 0.3 is 5.97 Å².